The van der Waals surface area contributed by atoms with Gasteiger partial charge in [0.1, 0.15) is 0 Å². The Labute approximate surface area is 114 Å². The molecule has 0 aliphatic carbocycles. The Morgan fingerprint density at radius 1 is 1.18 bits per heavy atom. The molecule has 102 valence electrons. The molecule has 1 atom stereocenters. The summed E-state index contributed by atoms with van der Waals surface area (Å²) in [4.78, 5) is 2.66. The van der Waals surface area contributed by atoms with Crippen LogP contribution in [0.1, 0.15) is 53.4 Å². The molecule has 0 bridgehead atoms. The lowest BCUT2D eigenvalue weighted by Gasteiger charge is -2.39. The number of hydrogen-bond acceptors (Lipinski definition) is 2. The third kappa shape index (κ3) is 5.65. The molecule has 1 saturated heterocycles. The van der Waals surface area contributed by atoms with Gasteiger partial charge in [0.05, 0.1) is 0 Å². The number of likely N-dealkylation sites (tertiary alicyclic amines) is 1. The van der Waals surface area contributed by atoms with Crippen molar-refractivity contribution in [3.63, 3.8) is 0 Å². The zero-order valence-corrected chi connectivity index (χ0v) is 13.1. The Hall–Kier alpha value is 0.310. The second kappa shape index (κ2) is 7.04. The van der Waals surface area contributed by atoms with Crippen LogP contribution in [0.15, 0.2) is 0 Å². The predicted molar refractivity (Wildman–Crippen MR) is 80.9 cm³/mol. The van der Waals surface area contributed by atoms with E-state index in [-0.39, 0.29) is 0 Å². The monoisotopic (exact) mass is 257 g/mol. The molecule has 0 amide bonds. The van der Waals surface area contributed by atoms with Gasteiger partial charge < -0.3 is 4.90 Å². The van der Waals surface area contributed by atoms with Gasteiger partial charge >= 0.3 is 0 Å². The Kier molecular flexibility index (Phi) is 6.36. The summed E-state index contributed by atoms with van der Waals surface area (Å²) >= 11 is 4.31. The highest BCUT2D eigenvalue weighted by Crippen LogP contribution is 2.34. The Morgan fingerprint density at radius 2 is 1.76 bits per heavy atom. The summed E-state index contributed by atoms with van der Waals surface area (Å²) in [6.07, 6.45) is 5.40. The molecule has 17 heavy (non-hydrogen) atoms. The van der Waals surface area contributed by atoms with Crippen molar-refractivity contribution >= 4 is 12.6 Å². The second-order valence-electron chi connectivity index (χ2n) is 6.89. The maximum absolute atomic E-state index is 4.31. The smallest absolute Gasteiger partial charge is 0.00159 e. The van der Waals surface area contributed by atoms with Crippen molar-refractivity contribution in [1.82, 2.24) is 4.90 Å². The molecule has 1 heterocycles. The minimum absolute atomic E-state index is 0.505. The maximum atomic E-state index is 4.31. The van der Waals surface area contributed by atoms with Crippen LogP contribution in [-0.2, 0) is 0 Å². The summed E-state index contributed by atoms with van der Waals surface area (Å²) in [6, 6.07) is 0. The summed E-state index contributed by atoms with van der Waals surface area (Å²) < 4.78 is 0. The lowest BCUT2D eigenvalue weighted by Crippen LogP contribution is -2.38. The van der Waals surface area contributed by atoms with Gasteiger partial charge in [-0.3, -0.25) is 0 Å². The van der Waals surface area contributed by atoms with Gasteiger partial charge in [0.25, 0.3) is 0 Å². The van der Waals surface area contributed by atoms with Crippen molar-refractivity contribution in [2.45, 2.75) is 53.4 Å². The van der Waals surface area contributed by atoms with Gasteiger partial charge in [-0.25, -0.2) is 0 Å². The van der Waals surface area contributed by atoms with Gasteiger partial charge in [-0.2, -0.15) is 12.6 Å². The SMILES string of the molecule is CC(CCS)CCN1CCC(C(C)(C)C)CC1. The number of rotatable bonds is 5. The van der Waals surface area contributed by atoms with Crippen molar-refractivity contribution in [2.75, 3.05) is 25.4 Å². The van der Waals surface area contributed by atoms with Crippen LogP contribution in [-0.4, -0.2) is 30.3 Å². The van der Waals surface area contributed by atoms with E-state index >= 15 is 0 Å². The maximum Gasteiger partial charge on any atom is -0.00159 e. The van der Waals surface area contributed by atoms with Crippen LogP contribution in [0.5, 0.6) is 0 Å². The summed E-state index contributed by atoms with van der Waals surface area (Å²) in [5.74, 6) is 2.80. The van der Waals surface area contributed by atoms with Gasteiger partial charge in [-0.15, -0.1) is 0 Å². The van der Waals surface area contributed by atoms with Gasteiger partial charge in [-0.1, -0.05) is 27.7 Å². The van der Waals surface area contributed by atoms with E-state index in [4.69, 9.17) is 0 Å². The fraction of sp³-hybridized carbons (Fsp3) is 1.00. The topological polar surface area (TPSA) is 3.24 Å². The summed E-state index contributed by atoms with van der Waals surface area (Å²) in [6.45, 7) is 13.5. The standard InChI is InChI=1S/C15H31NS/c1-13(8-12-17)5-9-16-10-6-14(7-11-16)15(2,3)4/h13-14,17H,5-12H2,1-4H3. The first-order valence-corrected chi connectivity index (χ1v) is 7.90. The third-order valence-electron chi connectivity index (χ3n) is 4.37. The van der Waals surface area contributed by atoms with Gasteiger partial charge in [-0.05, 0) is 68.3 Å². The fourth-order valence-corrected chi connectivity index (χ4v) is 3.23. The van der Waals surface area contributed by atoms with Crippen molar-refractivity contribution in [3.05, 3.63) is 0 Å². The van der Waals surface area contributed by atoms with E-state index < -0.39 is 0 Å². The van der Waals surface area contributed by atoms with E-state index in [1.165, 1.54) is 45.3 Å². The van der Waals surface area contributed by atoms with Crippen LogP contribution in [0.2, 0.25) is 0 Å². The van der Waals surface area contributed by atoms with E-state index in [0.29, 0.717) is 5.41 Å². The molecule has 1 rings (SSSR count). The Balaban J connectivity index is 2.19. The highest BCUT2D eigenvalue weighted by Gasteiger charge is 2.28. The predicted octanol–water partition coefficient (Wildman–Crippen LogP) is 4.09. The van der Waals surface area contributed by atoms with Gasteiger partial charge in [0.15, 0.2) is 0 Å². The van der Waals surface area contributed by atoms with Crippen molar-refractivity contribution in [2.24, 2.45) is 17.3 Å². The van der Waals surface area contributed by atoms with Gasteiger partial charge in [0, 0.05) is 0 Å². The summed E-state index contributed by atoms with van der Waals surface area (Å²) in [5.41, 5.74) is 0.505. The molecule has 1 aliphatic rings. The average Bonchev–Trinajstić information content (AvgIpc) is 2.26. The molecular weight excluding hydrogens is 226 g/mol. The largest absolute Gasteiger partial charge is 0.303 e. The third-order valence-corrected chi connectivity index (χ3v) is 4.63. The van der Waals surface area contributed by atoms with E-state index in [2.05, 4.69) is 45.2 Å². The second-order valence-corrected chi connectivity index (χ2v) is 7.34. The lowest BCUT2D eigenvalue weighted by molar-refractivity contribution is 0.108. The van der Waals surface area contributed by atoms with E-state index in [1.807, 2.05) is 0 Å². The normalized spacial score (nSPS) is 21.7. The highest BCUT2D eigenvalue weighted by molar-refractivity contribution is 7.80. The molecular formula is C15H31NS. The number of thiol groups is 1. The first-order valence-electron chi connectivity index (χ1n) is 7.26. The van der Waals surface area contributed by atoms with Crippen LogP contribution in [0.25, 0.3) is 0 Å². The van der Waals surface area contributed by atoms with Crippen LogP contribution in [0.3, 0.4) is 0 Å². The first kappa shape index (κ1) is 15.4. The Morgan fingerprint density at radius 3 is 2.24 bits per heavy atom. The lowest BCUT2D eigenvalue weighted by atomic mass is 9.75. The molecule has 0 saturated carbocycles. The molecule has 0 spiro atoms. The number of piperidine rings is 1. The van der Waals surface area contributed by atoms with E-state index in [9.17, 15) is 0 Å². The highest BCUT2D eigenvalue weighted by atomic mass is 32.1. The molecule has 0 aromatic heterocycles. The first-order chi connectivity index (χ1) is 7.93. The number of hydrogen-bond donors (Lipinski definition) is 1. The summed E-state index contributed by atoms with van der Waals surface area (Å²) in [7, 11) is 0. The molecule has 1 unspecified atom stereocenters. The van der Waals surface area contributed by atoms with Crippen molar-refractivity contribution in [3.8, 4) is 0 Å². The molecule has 0 radical (unpaired) electrons. The zero-order valence-electron chi connectivity index (χ0n) is 12.2. The van der Waals surface area contributed by atoms with Crippen LogP contribution in [0.4, 0.5) is 0 Å². The minimum Gasteiger partial charge on any atom is -0.303 e. The quantitative estimate of drug-likeness (QED) is 0.726. The summed E-state index contributed by atoms with van der Waals surface area (Å²) in [5, 5.41) is 0. The molecule has 0 aromatic rings. The number of nitrogens with zero attached hydrogens (tertiary/aromatic N) is 1. The molecule has 2 heteroatoms. The van der Waals surface area contributed by atoms with Crippen molar-refractivity contribution in [1.29, 1.82) is 0 Å². The average molecular weight is 257 g/mol. The van der Waals surface area contributed by atoms with E-state index in [1.54, 1.807) is 0 Å². The zero-order chi connectivity index (χ0) is 12.9. The van der Waals surface area contributed by atoms with Crippen LogP contribution in [0, 0.1) is 17.3 Å². The molecule has 0 aromatic carbocycles. The van der Waals surface area contributed by atoms with Gasteiger partial charge in [0.2, 0.25) is 0 Å². The van der Waals surface area contributed by atoms with Crippen LogP contribution < -0.4 is 0 Å². The minimum atomic E-state index is 0.505. The molecule has 1 fully saturated rings. The van der Waals surface area contributed by atoms with Crippen LogP contribution >= 0.6 is 12.6 Å². The fourth-order valence-electron chi connectivity index (χ4n) is 2.79. The molecule has 0 N–H and O–H groups in total. The van der Waals surface area contributed by atoms with Crippen molar-refractivity contribution < 1.29 is 0 Å². The Bertz CT molecular complexity index is 201. The molecule has 1 nitrogen and oxygen atoms in total. The molecule has 1 aliphatic heterocycles. The van der Waals surface area contributed by atoms with E-state index in [0.717, 1.165) is 17.6 Å².